The molecule has 116 valence electrons. The molecule has 1 aromatic carbocycles. The van der Waals surface area contributed by atoms with Gasteiger partial charge in [0.15, 0.2) is 0 Å². The van der Waals surface area contributed by atoms with Crippen LogP contribution in [0.2, 0.25) is 0 Å². The van der Waals surface area contributed by atoms with Crippen molar-refractivity contribution in [3.63, 3.8) is 0 Å². The van der Waals surface area contributed by atoms with Crippen LogP contribution in [0.4, 0.5) is 0 Å². The van der Waals surface area contributed by atoms with Gasteiger partial charge < -0.3 is 5.32 Å². The van der Waals surface area contributed by atoms with Gasteiger partial charge in [0.1, 0.15) is 0 Å². The maximum absolute atomic E-state index is 3.74. The Kier molecular flexibility index (Phi) is 4.94. The highest BCUT2D eigenvalue weighted by Crippen LogP contribution is 2.27. The Bertz CT molecular complexity index is 434. The van der Waals surface area contributed by atoms with Crippen LogP contribution < -0.4 is 5.32 Å². The molecule has 2 unspecified atom stereocenters. The Morgan fingerprint density at radius 1 is 1.10 bits per heavy atom. The van der Waals surface area contributed by atoms with E-state index in [2.05, 4.69) is 53.2 Å². The molecule has 3 fully saturated rings. The summed E-state index contributed by atoms with van der Waals surface area (Å²) in [7, 11) is 0. The first-order valence-corrected chi connectivity index (χ1v) is 8.60. The lowest BCUT2D eigenvalue weighted by Crippen LogP contribution is -2.63. The molecule has 0 aromatic heterocycles. The van der Waals surface area contributed by atoms with Gasteiger partial charge in [-0.05, 0) is 24.1 Å². The Morgan fingerprint density at radius 3 is 2.33 bits per heavy atom. The quantitative estimate of drug-likeness (QED) is 0.866. The molecule has 3 nitrogen and oxygen atoms in total. The zero-order valence-corrected chi connectivity index (χ0v) is 13.5. The molecule has 0 amide bonds. The van der Waals surface area contributed by atoms with Crippen LogP contribution in [-0.4, -0.2) is 55.1 Å². The predicted molar refractivity (Wildman–Crippen MR) is 88.7 cm³/mol. The maximum Gasteiger partial charge on any atom is 0.0490 e. The van der Waals surface area contributed by atoms with Crippen molar-refractivity contribution in [2.75, 3.05) is 39.3 Å². The second-order valence-corrected chi connectivity index (χ2v) is 6.43. The molecule has 0 spiro atoms. The van der Waals surface area contributed by atoms with Crippen molar-refractivity contribution in [2.24, 2.45) is 0 Å². The topological polar surface area (TPSA) is 18.5 Å². The first-order chi connectivity index (χ1) is 10.3. The van der Waals surface area contributed by atoms with E-state index in [9.17, 15) is 0 Å². The zero-order valence-electron chi connectivity index (χ0n) is 13.5. The van der Waals surface area contributed by atoms with E-state index in [1.165, 1.54) is 56.7 Å². The molecular weight excluding hydrogens is 258 g/mol. The fourth-order valence-electron chi connectivity index (χ4n) is 3.85. The molecule has 0 radical (unpaired) electrons. The van der Waals surface area contributed by atoms with Gasteiger partial charge in [0.2, 0.25) is 0 Å². The van der Waals surface area contributed by atoms with Gasteiger partial charge in [0.25, 0.3) is 0 Å². The van der Waals surface area contributed by atoms with E-state index in [1.54, 1.807) is 0 Å². The highest BCUT2D eigenvalue weighted by Gasteiger charge is 2.36. The molecule has 2 atom stereocenters. The molecule has 3 aliphatic heterocycles. The molecule has 2 bridgehead atoms. The summed E-state index contributed by atoms with van der Waals surface area (Å²) >= 11 is 0. The van der Waals surface area contributed by atoms with Crippen LogP contribution in [0.1, 0.15) is 37.4 Å². The molecule has 21 heavy (non-hydrogen) atoms. The SMILES string of the molecule is CCCc1ccc(C(NCC)C2CN3CCN2CC3)cc1. The molecule has 1 aromatic rings. The van der Waals surface area contributed by atoms with E-state index in [-0.39, 0.29) is 0 Å². The summed E-state index contributed by atoms with van der Waals surface area (Å²) in [5, 5.41) is 3.74. The van der Waals surface area contributed by atoms with Gasteiger partial charge in [-0.3, -0.25) is 9.80 Å². The van der Waals surface area contributed by atoms with Crippen molar-refractivity contribution in [3.8, 4) is 0 Å². The third-order valence-corrected chi connectivity index (χ3v) is 5.01. The Morgan fingerprint density at radius 2 is 1.81 bits per heavy atom. The van der Waals surface area contributed by atoms with Crippen LogP contribution in [0.25, 0.3) is 0 Å². The maximum atomic E-state index is 3.74. The Labute approximate surface area is 129 Å². The van der Waals surface area contributed by atoms with Crippen LogP contribution in [0, 0.1) is 0 Å². The summed E-state index contributed by atoms with van der Waals surface area (Å²) < 4.78 is 0. The van der Waals surface area contributed by atoms with Crippen molar-refractivity contribution < 1.29 is 0 Å². The molecule has 3 heteroatoms. The lowest BCUT2D eigenvalue weighted by atomic mass is 9.93. The normalized spacial score (nSPS) is 29.5. The summed E-state index contributed by atoms with van der Waals surface area (Å²) in [6, 6.07) is 10.4. The van der Waals surface area contributed by atoms with Gasteiger partial charge >= 0.3 is 0 Å². The van der Waals surface area contributed by atoms with Crippen molar-refractivity contribution in [1.82, 2.24) is 15.1 Å². The number of likely N-dealkylation sites (N-methyl/N-ethyl adjacent to an activating group) is 1. The highest BCUT2D eigenvalue weighted by molar-refractivity contribution is 5.27. The Hall–Kier alpha value is -0.900. The number of hydrogen-bond donors (Lipinski definition) is 1. The average Bonchev–Trinajstić information content (AvgIpc) is 2.55. The number of hydrogen-bond acceptors (Lipinski definition) is 3. The number of nitrogens with zero attached hydrogens (tertiary/aromatic N) is 2. The molecule has 3 heterocycles. The first kappa shape index (κ1) is 15.0. The summed E-state index contributed by atoms with van der Waals surface area (Å²) in [6.07, 6.45) is 2.41. The number of nitrogens with one attached hydrogen (secondary N) is 1. The summed E-state index contributed by atoms with van der Waals surface area (Å²) in [5.41, 5.74) is 2.92. The molecule has 1 N–H and O–H groups in total. The van der Waals surface area contributed by atoms with Gasteiger partial charge in [-0.2, -0.15) is 0 Å². The van der Waals surface area contributed by atoms with Crippen molar-refractivity contribution >= 4 is 0 Å². The summed E-state index contributed by atoms with van der Waals surface area (Å²) in [5.74, 6) is 0. The smallest absolute Gasteiger partial charge is 0.0490 e. The van der Waals surface area contributed by atoms with Crippen molar-refractivity contribution in [1.29, 1.82) is 0 Å². The van der Waals surface area contributed by atoms with Crippen molar-refractivity contribution in [3.05, 3.63) is 35.4 Å². The third kappa shape index (κ3) is 3.31. The molecule has 3 saturated heterocycles. The number of fused-ring (bicyclic) bond motifs is 3. The minimum atomic E-state index is 0.466. The van der Waals surface area contributed by atoms with E-state index in [1.807, 2.05) is 0 Å². The van der Waals surface area contributed by atoms with Crippen LogP contribution in [0.5, 0.6) is 0 Å². The number of benzene rings is 1. The Balaban J connectivity index is 1.77. The highest BCUT2D eigenvalue weighted by atomic mass is 15.4. The van der Waals surface area contributed by atoms with Gasteiger partial charge in [-0.25, -0.2) is 0 Å². The first-order valence-electron chi connectivity index (χ1n) is 8.60. The molecule has 0 aliphatic carbocycles. The van der Waals surface area contributed by atoms with Crippen LogP contribution in [0.3, 0.4) is 0 Å². The van der Waals surface area contributed by atoms with Gasteiger partial charge in [-0.15, -0.1) is 0 Å². The fraction of sp³-hybridized carbons (Fsp3) is 0.667. The predicted octanol–water partition coefficient (Wildman–Crippen LogP) is 2.29. The van der Waals surface area contributed by atoms with Gasteiger partial charge in [-0.1, -0.05) is 44.5 Å². The third-order valence-electron chi connectivity index (χ3n) is 5.01. The van der Waals surface area contributed by atoms with Gasteiger partial charge in [0, 0.05) is 44.8 Å². The number of piperazine rings is 3. The van der Waals surface area contributed by atoms with E-state index in [0.29, 0.717) is 12.1 Å². The monoisotopic (exact) mass is 287 g/mol. The minimum Gasteiger partial charge on any atom is -0.309 e. The second-order valence-electron chi connectivity index (χ2n) is 6.43. The summed E-state index contributed by atoms with van der Waals surface area (Å²) in [4.78, 5) is 5.31. The lowest BCUT2D eigenvalue weighted by Gasteiger charge is -2.50. The molecule has 0 saturated carbocycles. The summed E-state index contributed by atoms with van der Waals surface area (Å²) in [6.45, 7) is 11.7. The van der Waals surface area contributed by atoms with E-state index >= 15 is 0 Å². The van der Waals surface area contributed by atoms with Crippen LogP contribution >= 0.6 is 0 Å². The van der Waals surface area contributed by atoms with Crippen molar-refractivity contribution in [2.45, 2.75) is 38.8 Å². The van der Waals surface area contributed by atoms with E-state index in [4.69, 9.17) is 0 Å². The van der Waals surface area contributed by atoms with Gasteiger partial charge in [0.05, 0.1) is 0 Å². The second kappa shape index (κ2) is 6.91. The minimum absolute atomic E-state index is 0.466. The van der Waals surface area contributed by atoms with E-state index < -0.39 is 0 Å². The molecule has 3 aliphatic rings. The zero-order chi connectivity index (χ0) is 14.7. The van der Waals surface area contributed by atoms with E-state index in [0.717, 1.165) is 6.54 Å². The largest absolute Gasteiger partial charge is 0.309 e. The fourth-order valence-corrected chi connectivity index (χ4v) is 3.85. The molecule has 4 rings (SSSR count). The standard InChI is InChI=1S/C18H29N3/c1-3-5-15-6-8-16(9-7-15)18(19-4-2)17-14-20-10-12-21(17)13-11-20/h6-9,17-19H,3-5,10-14H2,1-2H3. The lowest BCUT2D eigenvalue weighted by molar-refractivity contribution is -0.00343. The molecular formula is C18H29N3. The average molecular weight is 287 g/mol. The van der Waals surface area contributed by atoms with Crippen LogP contribution in [0.15, 0.2) is 24.3 Å². The van der Waals surface area contributed by atoms with Crippen LogP contribution in [-0.2, 0) is 6.42 Å². The number of aryl methyl sites for hydroxylation is 1. The number of rotatable bonds is 6.